The van der Waals surface area contributed by atoms with E-state index in [9.17, 15) is 5.11 Å². The first-order valence-electron chi connectivity index (χ1n) is 9.99. The quantitative estimate of drug-likeness (QED) is 0.605. The normalized spacial score (nSPS) is 17.9. The summed E-state index contributed by atoms with van der Waals surface area (Å²) >= 11 is 0. The van der Waals surface area contributed by atoms with E-state index < -0.39 is 8.07 Å². The molecule has 3 aromatic carbocycles. The number of aliphatic hydroxyl groups excluding tert-OH is 1. The second kappa shape index (κ2) is 7.77. The molecule has 1 N–H and O–H groups in total. The molecular weight excluding hydrogens is 332 g/mol. The minimum absolute atomic E-state index is 0.277. The van der Waals surface area contributed by atoms with Gasteiger partial charge >= 0.3 is 0 Å². The Hall–Kier alpha value is -1.90. The van der Waals surface area contributed by atoms with E-state index in [-0.39, 0.29) is 6.61 Å². The molecule has 1 saturated heterocycles. The minimum atomic E-state index is -1.70. The van der Waals surface area contributed by atoms with Gasteiger partial charge in [0.1, 0.15) is 0 Å². The zero-order valence-electron chi connectivity index (χ0n) is 15.4. The standard InChI is InChI=1S/C24H28OSi/c25-16-15-24(22-14-13-20-9-5-6-10-21(20)19-22)26(17-7-2-8-18-26)23-11-3-1-4-12-23/h1,3-6,9-14,19,24-25H,2,7-8,15-18H2. The van der Waals surface area contributed by atoms with Crippen LogP contribution >= 0.6 is 0 Å². The summed E-state index contributed by atoms with van der Waals surface area (Å²) in [7, 11) is -1.70. The van der Waals surface area contributed by atoms with Crippen LogP contribution < -0.4 is 5.19 Å². The lowest BCUT2D eigenvalue weighted by Crippen LogP contribution is -2.54. The fourth-order valence-corrected chi connectivity index (χ4v) is 11.2. The fraction of sp³-hybridized carbons (Fsp3) is 0.333. The molecule has 2 heteroatoms. The van der Waals surface area contributed by atoms with E-state index in [1.165, 1.54) is 47.7 Å². The molecule has 4 rings (SSSR count). The second-order valence-corrected chi connectivity index (χ2v) is 12.3. The molecule has 1 fully saturated rings. The van der Waals surface area contributed by atoms with Crippen LogP contribution in [-0.2, 0) is 0 Å². The summed E-state index contributed by atoms with van der Waals surface area (Å²) in [5, 5.41) is 14.1. The molecule has 0 aromatic heterocycles. The van der Waals surface area contributed by atoms with E-state index in [4.69, 9.17) is 0 Å². The van der Waals surface area contributed by atoms with Crippen LogP contribution in [0.1, 0.15) is 36.8 Å². The lowest BCUT2D eigenvalue weighted by molar-refractivity contribution is 0.285. The van der Waals surface area contributed by atoms with Crippen molar-refractivity contribution in [3.05, 3.63) is 78.4 Å². The van der Waals surface area contributed by atoms with Crippen LogP contribution in [0.4, 0.5) is 0 Å². The third kappa shape index (κ3) is 3.24. The van der Waals surface area contributed by atoms with Gasteiger partial charge in [0, 0.05) is 6.61 Å². The summed E-state index contributed by atoms with van der Waals surface area (Å²) in [6.45, 7) is 0.277. The summed E-state index contributed by atoms with van der Waals surface area (Å²) in [6.07, 6.45) is 4.94. The van der Waals surface area contributed by atoms with Crippen molar-refractivity contribution in [1.29, 1.82) is 0 Å². The third-order valence-electron chi connectivity index (χ3n) is 6.36. The molecule has 0 amide bonds. The maximum atomic E-state index is 9.93. The highest BCUT2D eigenvalue weighted by atomic mass is 28.3. The molecule has 1 aliphatic rings. The van der Waals surface area contributed by atoms with E-state index in [2.05, 4.69) is 72.8 Å². The topological polar surface area (TPSA) is 20.2 Å². The highest BCUT2D eigenvalue weighted by Crippen LogP contribution is 2.41. The number of benzene rings is 3. The van der Waals surface area contributed by atoms with E-state index in [1.807, 2.05) is 0 Å². The number of fused-ring (bicyclic) bond motifs is 1. The van der Waals surface area contributed by atoms with Gasteiger partial charge in [-0.05, 0) is 28.3 Å². The van der Waals surface area contributed by atoms with Gasteiger partial charge in [-0.2, -0.15) is 0 Å². The average molecular weight is 361 g/mol. The van der Waals surface area contributed by atoms with Crippen molar-refractivity contribution in [1.82, 2.24) is 0 Å². The van der Waals surface area contributed by atoms with Gasteiger partial charge in [0.2, 0.25) is 0 Å². The average Bonchev–Trinajstić information content (AvgIpc) is 2.73. The fourth-order valence-electron chi connectivity index (χ4n) is 5.11. The van der Waals surface area contributed by atoms with E-state index in [1.54, 1.807) is 5.19 Å². The Morgan fingerprint density at radius 2 is 1.46 bits per heavy atom. The van der Waals surface area contributed by atoms with Crippen molar-refractivity contribution in [2.75, 3.05) is 6.61 Å². The second-order valence-electron chi connectivity index (χ2n) is 7.75. The number of rotatable bonds is 5. The van der Waals surface area contributed by atoms with E-state index >= 15 is 0 Å². The lowest BCUT2D eigenvalue weighted by atomic mass is 10.0. The predicted molar refractivity (Wildman–Crippen MR) is 114 cm³/mol. The zero-order chi connectivity index (χ0) is 17.8. The molecule has 26 heavy (non-hydrogen) atoms. The molecule has 1 unspecified atom stereocenters. The maximum Gasteiger partial charge on any atom is 0.0941 e. The van der Waals surface area contributed by atoms with Gasteiger partial charge in [-0.1, -0.05) is 109 Å². The van der Waals surface area contributed by atoms with Crippen LogP contribution in [0.3, 0.4) is 0 Å². The summed E-state index contributed by atoms with van der Waals surface area (Å²) < 4.78 is 0. The van der Waals surface area contributed by atoms with Crippen LogP contribution in [0.25, 0.3) is 10.8 Å². The monoisotopic (exact) mass is 360 g/mol. The first-order valence-corrected chi connectivity index (χ1v) is 12.5. The van der Waals surface area contributed by atoms with Gasteiger partial charge in [-0.25, -0.2) is 0 Å². The first-order chi connectivity index (χ1) is 12.8. The maximum absolute atomic E-state index is 9.93. The van der Waals surface area contributed by atoms with Gasteiger partial charge < -0.3 is 5.11 Å². The molecule has 0 radical (unpaired) electrons. The molecule has 1 heterocycles. The third-order valence-corrected chi connectivity index (χ3v) is 12.3. The predicted octanol–water partition coefficient (Wildman–Crippen LogP) is 5.38. The van der Waals surface area contributed by atoms with Crippen molar-refractivity contribution in [3.8, 4) is 0 Å². The van der Waals surface area contributed by atoms with Gasteiger partial charge in [-0.3, -0.25) is 0 Å². The molecule has 1 atom stereocenters. The summed E-state index contributed by atoms with van der Waals surface area (Å²) in [4.78, 5) is 0. The Labute approximate surface area is 157 Å². The molecule has 0 aliphatic carbocycles. The summed E-state index contributed by atoms with van der Waals surface area (Å²) in [5.74, 6) is 0. The molecule has 3 aromatic rings. The van der Waals surface area contributed by atoms with Gasteiger partial charge in [0.25, 0.3) is 0 Å². The number of aliphatic hydroxyl groups is 1. The lowest BCUT2D eigenvalue weighted by Gasteiger charge is -2.43. The molecule has 0 bridgehead atoms. The Balaban J connectivity index is 1.83. The Bertz CT molecular complexity index is 852. The van der Waals surface area contributed by atoms with Gasteiger partial charge in [-0.15, -0.1) is 0 Å². The molecular formula is C24H28OSi. The molecule has 1 aliphatic heterocycles. The summed E-state index contributed by atoms with van der Waals surface area (Å²) in [6, 6.07) is 29.6. The SMILES string of the molecule is OCCC(c1ccc2ccccc2c1)[Si]1(c2ccccc2)CCCCC1. The summed E-state index contributed by atoms with van der Waals surface area (Å²) in [5.41, 5.74) is 1.94. The highest BCUT2D eigenvalue weighted by molar-refractivity contribution is 6.93. The molecule has 1 nitrogen and oxygen atoms in total. The van der Waals surface area contributed by atoms with Crippen LogP contribution in [0, 0.1) is 0 Å². The van der Waals surface area contributed by atoms with Crippen molar-refractivity contribution in [2.45, 2.75) is 43.3 Å². The molecule has 0 spiro atoms. The van der Waals surface area contributed by atoms with E-state index in [0.29, 0.717) is 5.54 Å². The van der Waals surface area contributed by atoms with E-state index in [0.717, 1.165) is 6.42 Å². The van der Waals surface area contributed by atoms with Crippen molar-refractivity contribution >= 4 is 24.0 Å². The number of hydrogen-bond acceptors (Lipinski definition) is 1. The van der Waals surface area contributed by atoms with Crippen molar-refractivity contribution in [3.63, 3.8) is 0 Å². The minimum Gasteiger partial charge on any atom is -0.396 e. The van der Waals surface area contributed by atoms with Crippen LogP contribution in [-0.4, -0.2) is 19.8 Å². The van der Waals surface area contributed by atoms with Gasteiger partial charge in [0.15, 0.2) is 0 Å². The van der Waals surface area contributed by atoms with Crippen molar-refractivity contribution < 1.29 is 5.11 Å². The van der Waals surface area contributed by atoms with Crippen LogP contribution in [0.2, 0.25) is 12.1 Å². The van der Waals surface area contributed by atoms with Crippen LogP contribution in [0.5, 0.6) is 0 Å². The Morgan fingerprint density at radius 3 is 2.19 bits per heavy atom. The Morgan fingerprint density at radius 1 is 0.769 bits per heavy atom. The molecule has 0 saturated carbocycles. The van der Waals surface area contributed by atoms with Gasteiger partial charge in [0.05, 0.1) is 8.07 Å². The van der Waals surface area contributed by atoms with Crippen molar-refractivity contribution in [2.24, 2.45) is 0 Å². The largest absolute Gasteiger partial charge is 0.396 e. The Kier molecular flexibility index (Phi) is 5.23. The first kappa shape index (κ1) is 17.5. The highest BCUT2D eigenvalue weighted by Gasteiger charge is 2.43. The molecule has 134 valence electrons. The smallest absolute Gasteiger partial charge is 0.0941 e. The number of hydrogen-bond donors (Lipinski definition) is 1. The zero-order valence-corrected chi connectivity index (χ0v) is 16.4. The van der Waals surface area contributed by atoms with Crippen LogP contribution in [0.15, 0.2) is 72.8 Å².